The van der Waals surface area contributed by atoms with Crippen LogP contribution < -0.4 is 0 Å². The molecule has 0 bridgehead atoms. The van der Waals surface area contributed by atoms with E-state index in [1.54, 1.807) is 13.0 Å². The topological polar surface area (TPSA) is 54.4 Å². The van der Waals surface area contributed by atoms with Crippen LogP contribution in [0.1, 0.15) is 11.1 Å². The van der Waals surface area contributed by atoms with Gasteiger partial charge in [-0.25, -0.2) is 0 Å². The van der Waals surface area contributed by atoms with Crippen LogP contribution in [0, 0.1) is 13.8 Å². The molecule has 0 heterocycles. The van der Waals surface area contributed by atoms with Gasteiger partial charge in [-0.3, -0.25) is 4.55 Å². The maximum atomic E-state index is 10.7. The second-order valence-corrected chi connectivity index (χ2v) is 3.96. The fourth-order valence-corrected chi connectivity index (χ4v) is 1.71. The molecule has 0 unspecified atom stereocenters. The molecule has 0 saturated carbocycles. The summed E-state index contributed by atoms with van der Waals surface area (Å²) >= 11 is 0. The van der Waals surface area contributed by atoms with Crippen molar-refractivity contribution in [3.63, 3.8) is 0 Å². The molecular weight excluding hydrogens is 176 g/mol. The molecule has 66 valence electrons. The van der Waals surface area contributed by atoms with Crippen molar-refractivity contribution in [3.05, 3.63) is 36.2 Å². The highest BCUT2D eigenvalue weighted by Gasteiger charge is 2.08. The Bertz CT molecular complexity index is 393. The third kappa shape index (κ3) is 1.78. The average molecular weight is 185 g/mol. The van der Waals surface area contributed by atoms with Crippen LogP contribution in [0.3, 0.4) is 0 Å². The van der Waals surface area contributed by atoms with Gasteiger partial charge in [0.25, 0.3) is 10.1 Å². The number of hydrogen-bond donors (Lipinski definition) is 1. The molecule has 4 heteroatoms. The molecule has 0 fully saturated rings. The Morgan fingerprint density at radius 2 is 2.00 bits per heavy atom. The molecule has 1 aromatic carbocycles. The zero-order valence-electron chi connectivity index (χ0n) is 6.61. The first kappa shape index (κ1) is 9.09. The fraction of sp³-hybridized carbons (Fsp3) is 0.125. The van der Waals surface area contributed by atoms with Crippen molar-refractivity contribution in [2.75, 3.05) is 0 Å². The van der Waals surface area contributed by atoms with Crippen molar-refractivity contribution in [1.82, 2.24) is 0 Å². The van der Waals surface area contributed by atoms with E-state index in [0.717, 1.165) is 5.56 Å². The highest BCUT2D eigenvalue weighted by atomic mass is 32.2. The second kappa shape index (κ2) is 2.80. The molecule has 0 atom stereocenters. The van der Waals surface area contributed by atoms with Crippen LogP contribution in [-0.2, 0) is 10.1 Å². The molecule has 0 aliphatic carbocycles. The van der Waals surface area contributed by atoms with E-state index >= 15 is 0 Å². The third-order valence-electron chi connectivity index (χ3n) is 1.52. The summed E-state index contributed by atoms with van der Waals surface area (Å²) in [4.78, 5) is -0.0603. The summed E-state index contributed by atoms with van der Waals surface area (Å²) in [6.45, 7) is 5.24. The van der Waals surface area contributed by atoms with Gasteiger partial charge in [-0.15, -0.1) is 0 Å². The van der Waals surface area contributed by atoms with Crippen molar-refractivity contribution in [3.8, 4) is 0 Å². The maximum Gasteiger partial charge on any atom is 0.292 e. The van der Waals surface area contributed by atoms with E-state index in [1.807, 2.05) is 0 Å². The van der Waals surface area contributed by atoms with Gasteiger partial charge in [-0.05, 0) is 0 Å². The van der Waals surface area contributed by atoms with Crippen molar-refractivity contribution in [2.24, 2.45) is 0 Å². The predicted molar refractivity (Wildman–Crippen MR) is 45.5 cm³/mol. The van der Waals surface area contributed by atoms with Crippen LogP contribution >= 0.6 is 0 Å². The number of hydrogen-bond acceptors (Lipinski definition) is 2. The molecule has 0 saturated heterocycles. The predicted octanol–water partition coefficient (Wildman–Crippen LogP) is 1.42. The molecule has 0 aliphatic rings. The number of benzene rings is 1. The summed E-state index contributed by atoms with van der Waals surface area (Å²) < 4.78 is 30.1. The molecular formula is C8H9O3S-. The fourth-order valence-electron chi connectivity index (χ4n) is 1.00. The van der Waals surface area contributed by atoms with Crippen molar-refractivity contribution < 1.29 is 13.0 Å². The molecule has 0 radical (unpaired) electrons. The van der Waals surface area contributed by atoms with Gasteiger partial charge >= 0.3 is 0 Å². The third-order valence-corrected chi connectivity index (χ3v) is 2.53. The summed E-state index contributed by atoms with van der Waals surface area (Å²) in [7, 11) is -4.08. The lowest BCUT2D eigenvalue weighted by atomic mass is 10.2. The minimum atomic E-state index is -4.08. The largest absolute Gasteiger partial charge is 0.292 e. The summed E-state index contributed by atoms with van der Waals surface area (Å²) in [6.07, 6.45) is 0. The summed E-state index contributed by atoms with van der Waals surface area (Å²) in [5, 5.41) is 0. The van der Waals surface area contributed by atoms with Crippen LogP contribution in [0.15, 0.2) is 23.1 Å². The van der Waals surface area contributed by atoms with Gasteiger partial charge in [0.2, 0.25) is 0 Å². The minimum Gasteiger partial charge on any atom is -0.282 e. The number of rotatable bonds is 1. The first-order chi connectivity index (χ1) is 5.41. The zero-order valence-corrected chi connectivity index (χ0v) is 7.43. The SMILES string of the molecule is [CH2-]c1ccc(S(=O)(=O)O)c(C)c1. The van der Waals surface area contributed by atoms with E-state index in [9.17, 15) is 8.42 Å². The van der Waals surface area contributed by atoms with Crippen LogP contribution in [0.4, 0.5) is 0 Å². The first-order valence-corrected chi connectivity index (χ1v) is 4.75. The lowest BCUT2D eigenvalue weighted by Gasteiger charge is -2.07. The van der Waals surface area contributed by atoms with Gasteiger partial charge in [0.15, 0.2) is 0 Å². The van der Waals surface area contributed by atoms with Crippen LogP contribution in [-0.4, -0.2) is 13.0 Å². The van der Waals surface area contributed by atoms with E-state index in [4.69, 9.17) is 4.55 Å². The molecule has 0 aliphatic heterocycles. The van der Waals surface area contributed by atoms with Crippen LogP contribution in [0.2, 0.25) is 0 Å². The Labute approximate surface area is 71.8 Å². The van der Waals surface area contributed by atoms with Gasteiger partial charge in [0.05, 0.1) is 4.90 Å². The molecule has 0 aromatic heterocycles. The quantitative estimate of drug-likeness (QED) is 0.532. The van der Waals surface area contributed by atoms with Gasteiger partial charge in [-0.2, -0.15) is 33.0 Å². The molecule has 1 aromatic rings. The first-order valence-electron chi connectivity index (χ1n) is 3.31. The van der Waals surface area contributed by atoms with Gasteiger partial charge in [0, 0.05) is 0 Å². The zero-order chi connectivity index (χ0) is 9.35. The maximum absolute atomic E-state index is 10.7. The van der Waals surface area contributed by atoms with Gasteiger partial charge < -0.3 is 0 Å². The Kier molecular flexibility index (Phi) is 2.12. The van der Waals surface area contributed by atoms with E-state index in [2.05, 4.69) is 6.92 Å². The second-order valence-electron chi connectivity index (χ2n) is 2.57. The van der Waals surface area contributed by atoms with Crippen molar-refractivity contribution in [2.45, 2.75) is 11.8 Å². The molecule has 1 N–H and O–H groups in total. The molecule has 0 spiro atoms. The lowest BCUT2D eigenvalue weighted by molar-refractivity contribution is 0.482. The van der Waals surface area contributed by atoms with Crippen LogP contribution in [0.25, 0.3) is 0 Å². The Hall–Kier alpha value is -1.00. The highest BCUT2D eigenvalue weighted by molar-refractivity contribution is 7.85. The lowest BCUT2D eigenvalue weighted by Crippen LogP contribution is -2.00. The molecule has 12 heavy (non-hydrogen) atoms. The van der Waals surface area contributed by atoms with Crippen molar-refractivity contribution in [1.29, 1.82) is 0 Å². The molecule has 1 rings (SSSR count). The standard InChI is InChI=1S/C8H9O3S/c1-6-3-4-8(7(2)5-6)12(9,10)11/h3-5H,1H2,2H3,(H,9,10,11)/q-1. The van der Waals surface area contributed by atoms with E-state index in [0.29, 0.717) is 5.56 Å². The van der Waals surface area contributed by atoms with Crippen molar-refractivity contribution >= 4 is 10.1 Å². The minimum absolute atomic E-state index is 0.0603. The van der Waals surface area contributed by atoms with Gasteiger partial charge in [-0.1, -0.05) is 18.6 Å². The molecule has 0 amide bonds. The summed E-state index contributed by atoms with van der Waals surface area (Å²) in [5.74, 6) is 0. The van der Waals surface area contributed by atoms with Gasteiger partial charge in [0.1, 0.15) is 0 Å². The van der Waals surface area contributed by atoms with E-state index in [1.165, 1.54) is 12.1 Å². The van der Waals surface area contributed by atoms with E-state index < -0.39 is 10.1 Å². The smallest absolute Gasteiger partial charge is 0.282 e. The Morgan fingerprint density at radius 1 is 1.42 bits per heavy atom. The summed E-state index contributed by atoms with van der Waals surface area (Å²) in [5.41, 5.74) is 1.23. The Balaban J connectivity index is 3.39. The summed E-state index contributed by atoms with van der Waals surface area (Å²) in [6, 6.07) is 4.48. The highest BCUT2D eigenvalue weighted by Crippen LogP contribution is 2.15. The number of aryl methyl sites for hydroxylation is 1. The monoisotopic (exact) mass is 185 g/mol. The van der Waals surface area contributed by atoms with Crippen LogP contribution in [0.5, 0.6) is 0 Å². The molecule has 3 nitrogen and oxygen atoms in total. The average Bonchev–Trinajstić information content (AvgIpc) is 1.83. The Morgan fingerprint density at radius 3 is 2.42 bits per heavy atom. The van der Waals surface area contributed by atoms with E-state index in [-0.39, 0.29) is 4.90 Å². The normalized spacial score (nSPS) is 11.5.